The van der Waals surface area contributed by atoms with Crippen molar-refractivity contribution < 1.29 is 19.4 Å². The normalized spacial score (nSPS) is 12.4. The standard InChI is InChI=1S/C17H22BrNO4/c1-4-9-23-14-7-6-13(18)10-12(14)5-8-15(20)19-16(11(2)3)17(21)22/h5-8,10-11,16H,4,9H2,1-3H3,(H,19,20)(H,21,22)/b8-5+/t16-/m0/s1. The molecule has 6 heteroatoms. The second-order valence-electron chi connectivity index (χ2n) is 5.43. The first-order valence-electron chi connectivity index (χ1n) is 7.48. The van der Waals surface area contributed by atoms with E-state index in [9.17, 15) is 9.59 Å². The Morgan fingerprint density at radius 3 is 2.65 bits per heavy atom. The molecule has 0 bridgehead atoms. The second kappa shape index (κ2) is 9.35. The third-order valence-corrected chi connectivity index (χ3v) is 3.57. The zero-order valence-electron chi connectivity index (χ0n) is 13.5. The van der Waals surface area contributed by atoms with Crippen molar-refractivity contribution in [1.82, 2.24) is 5.32 Å². The van der Waals surface area contributed by atoms with E-state index in [0.717, 1.165) is 16.5 Å². The predicted octanol–water partition coefficient (Wildman–Crippen LogP) is 3.48. The van der Waals surface area contributed by atoms with Crippen molar-refractivity contribution in [2.45, 2.75) is 33.2 Å². The number of aliphatic carboxylic acids is 1. The van der Waals surface area contributed by atoms with Crippen LogP contribution in [0, 0.1) is 5.92 Å². The number of carbonyl (C=O) groups is 2. The van der Waals surface area contributed by atoms with Crippen molar-refractivity contribution in [3.8, 4) is 5.75 Å². The number of carbonyl (C=O) groups excluding carboxylic acids is 1. The molecule has 0 saturated heterocycles. The summed E-state index contributed by atoms with van der Waals surface area (Å²) >= 11 is 3.38. The number of hydrogen-bond donors (Lipinski definition) is 2. The molecular weight excluding hydrogens is 362 g/mol. The summed E-state index contributed by atoms with van der Waals surface area (Å²) in [7, 11) is 0. The molecule has 1 aromatic carbocycles. The Kier molecular flexibility index (Phi) is 7.81. The van der Waals surface area contributed by atoms with Crippen molar-refractivity contribution >= 4 is 33.9 Å². The number of carboxylic acids is 1. The number of hydrogen-bond acceptors (Lipinski definition) is 3. The molecule has 0 fully saturated rings. The van der Waals surface area contributed by atoms with E-state index < -0.39 is 17.9 Å². The molecule has 1 amide bonds. The molecule has 0 aliphatic rings. The SMILES string of the molecule is CCCOc1ccc(Br)cc1/C=C/C(=O)N[C@H](C(=O)O)C(C)C. The van der Waals surface area contributed by atoms with Crippen molar-refractivity contribution in [3.05, 3.63) is 34.3 Å². The van der Waals surface area contributed by atoms with Crippen molar-refractivity contribution in [3.63, 3.8) is 0 Å². The summed E-state index contributed by atoms with van der Waals surface area (Å²) in [5.41, 5.74) is 0.749. The fraction of sp³-hybridized carbons (Fsp3) is 0.412. The van der Waals surface area contributed by atoms with Gasteiger partial charge in [0.25, 0.3) is 0 Å². The van der Waals surface area contributed by atoms with Crippen LogP contribution >= 0.6 is 15.9 Å². The molecule has 0 spiro atoms. The van der Waals surface area contributed by atoms with E-state index in [1.54, 1.807) is 19.9 Å². The lowest BCUT2D eigenvalue weighted by molar-refractivity contribution is -0.142. The van der Waals surface area contributed by atoms with Crippen LogP contribution in [0.2, 0.25) is 0 Å². The van der Waals surface area contributed by atoms with Gasteiger partial charge < -0.3 is 15.2 Å². The first kappa shape index (κ1) is 19.2. The van der Waals surface area contributed by atoms with Crippen molar-refractivity contribution in [1.29, 1.82) is 0 Å². The lowest BCUT2D eigenvalue weighted by Gasteiger charge is -2.16. The number of carboxylic acid groups (broad SMARTS) is 1. The largest absolute Gasteiger partial charge is 0.493 e. The predicted molar refractivity (Wildman–Crippen MR) is 93.4 cm³/mol. The van der Waals surface area contributed by atoms with Gasteiger partial charge in [-0.1, -0.05) is 36.7 Å². The van der Waals surface area contributed by atoms with Gasteiger partial charge in [-0.05, 0) is 36.6 Å². The Labute approximate surface area is 144 Å². The van der Waals surface area contributed by atoms with Crippen molar-refractivity contribution in [2.24, 2.45) is 5.92 Å². The molecule has 0 saturated carbocycles. The van der Waals surface area contributed by atoms with Gasteiger partial charge >= 0.3 is 5.97 Å². The average Bonchev–Trinajstić information content (AvgIpc) is 2.49. The van der Waals surface area contributed by atoms with Gasteiger partial charge in [-0.3, -0.25) is 4.79 Å². The summed E-state index contributed by atoms with van der Waals surface area (Å²) in [6.45, 7) is 6.09. The Balaban J connectivity index is 2.85. The highest BCUT2D eigenvalue weighted by atomic mass is 79.9. The molecule has 0 aromatic heterocycles. The summed E-state index contributed by atoms with van der Waals surface area (Å²) in [5, 5.41) is 11.6. The maximum atomic E-state index is 11.9. The molecule has 23 heavy (non-hydrogen) atoms. The summed E-state index contributed by atoms with van der Waals surface area (Å²) in [6.07, 6.45) is 3.82. The highest BCUT2D eigenvalue weighted by Gasteiger charge is 2.22. The molecule has 1 rings (SSSR count). The van der Waals surface area contributed by atoms with Gasteiger partial charge in [0.05, 0.1) is 6.61 Å². The van der Waals surface area contributed by atoms with Crippen LogP contribution in [-0.2, 0) is 9.59 Å². The molecule has 5 nitrogen and oxygen atoms in total. The number of halogens is 1. The van der Waals surface area contributed by atoms with Crippen LogP contribution in [0.5, 0.6) is 5.75 Å². The number of rotatable bonds is 8. The molecular formula is C17H22BrNO4. The van der Waals surface area contributed by atoms with E-state index in [4.69, 9.17) is 9.84 Å². The highest BCUT2D eigenvalue weighted by Crippen LogP contribution is 2.24. The van der Waals surface area contributed by atoms with Gasteiger partial charge in [0.2, 0.25) is 5.91 Å². The average molecular weight is 384 g/mol. The summed E-state index contributed by atoms with van der Waals surface area (Å²) < 4.78 is 6.50. The van der Waals surface area contributed by atoms with E-state index in [0.29, 0.717) is 12.4 Å². The molecule has 2 N–H and O–H groups in total. The molecule has 1 atom stereocenters. The maximum Gasteiger partial charge on any atom is 0.326 e. The minimum atomic E-state index is -1.05. The molecule has 0 aliphatic carbocycles. The van der Waals surface area contributed by atoms with Crippen LogP contribution in [0.25, 0.3) is 6.08 Å². The summed E-state index contributed by atoms with van der Waals surface area (Å²) in [5.74, 6) is -1.01. The molecule has 126 valence electrons. The van der Waals surface area contributed by atoms with Crippen LogP contribution in [0.1, 0.15) is 32.8 Å². The molecule has 0 unspecified atom stereocenters. The van der Waals surface area contributed by atoms with Crippen LogP contribution in [0.3, 0.4) is 0 Å². The minimum absolute atomic E-state index is 0.195. The number of benzene rings is 1. The summed E-state index contributed by atoms with van der Waals surface area (Å²) in [6, 6.07) is 4.62. The Morgan fingerprint density at radius 1 is 1.39 bits per heavy atom. The van der Waals surface area contributed by atoms with E-state index in [1.807, 2.05) is 25.1 Å². The third kappa shape index (κ3) is 6.44. The lowest BCUT2D eigenvalue weighted by Crippen LogP contribution is -2.43. The summed E-state index contributed by atoms with van der Waals surface area (Å²) in [4.78, 5) is 23.0. The zero-order valence-corrected chi connectivity index (χ0v) is 15.1. The highest BCUT2D eigenvalue weighted by molar-refractivity contribution is 9.10. The van der Waals surface area contributed by atoms with Gasteiger partial charge in [0, 0.05) is 16.1 Å². The minimum Gasteiger partial charge on any atom is -0.493 e. The smallest absolute Gasteiger partial charge is 0.326 e. The number of nitrogens with one attached hydrogen (secondary N) is 1. The molecule has 0 aliphatic heterocycles. The topological polar surface area (TPSA) is 75.6 Å². The van der Waals surface area contributed by atoms with Crippen LogP contribution < -0.4 is 10.1 Å². The first-order chi connectivity index (χ1) is 10.8. The lowest BCUT2D eigenvalue weighted by atomic mass is 10.0. The monoisotopic (exact) mass is 383 g/mol. The van der Waals surface area contributed by atoms with Crippen molar-refractivity contribution in [2.75, 3.05) is 6.61 Å². The second-order valence-corrected chi connectivity index (χ2v) is 6.35. The van der Waals surface area contributed by atoms with E-state index in [-0.39, 0.29) is 5.92 Å². The zero-order chi connectivity index (χ0) is 17.4. The fourth-order valence-corrected chi connectivity index (χ4v) is 2.25. The fourth-order valence-electron chi connectivity index (χ4n) is 1.87. The molecule has 0 radical (unpaired) electrons. The van der Waals surface area contributed by atoms with E-state index in [1.165, 1.54) is 6.08 Å². The molecule has 1 aromatic rings. The Bertz CT molecular complexity index is 584. The number of amides is 1. The van der Waals surface area contributed by atoms with Crippen LogP contribution in [0.4, 0.5) is 0 Å². The van der Waals surface area contributed by atoms with Crippen LogP contribution in [0.15, 0.2) is 28.7 Å². The quantitative estimate of drug-likeness (QED) is 0.673. The Hall–Kier alpha value is -1.82. The van der Waals surface area contributed by atoms with Gasteiger partial charge in [-0.2, -0.15) is 0 Å². The van der Waals surface area contributed by atoms with Gasteiger partial charge in [-0.25, -0.2) is 4.79 Å². The van der Waals surface area contributed by atoms with Gasteiger partial charge in [0.1, 0.15) is 11.8 Å². The first-order valence-corrected chi connectivity index (χ1v) is 8.28. The maximum absolute atomic E-state index is 11.9. The van der Waals surface area contributed by atoms with E-state index in [2.05, 4.69) is 21.2 Å². The number of ether oxygens (including phenoxy) is 1. The van der Waals surface area contributed by atoms with Gasteiger partial charge in [0.15, 0.2) is 0 Å². The van der Waals surface area contributed by atoms with Gasteiger partial charge in [-0.15, -0.1) is 0 Å². The van der Waals surface area contributed by atoms with E-state index >= 15 is 0 Å². The Morgan fingerprint density at radius 2 is 2.09 bits per heavy atom. The third-order valence-electron chi connectivity index (χ3n) is 3.08. The van der Waals surface area contributed by atoms with Crippen LogP contribution in [-0.4, -0.2) is 29.6 Å². The molecule has 0 heterocycles.